The molecule has 1 amide bonds. The molecule has 0 radical (unpaired) electrons. The first-order chi connectivity index (χ1) is 7.33. The van der Waals surface area contributed by atoms with Gasteiger partial charge in [0.1, 0.15) is 0 Å². The maximum absolute atomic E-state index is 12.0. The number of hydrogen-bond donors (Lipinski definition) is 1. The fraction of sp³-hybridized carbons (Fsp3) is 0.500. The van der Waals surface area contributed by atoms with Crippen LogP contribution < -0.4 is 0 Å². The standard InChI is InChI=1S/C10H13N3O2/c14-7-9-2-1-5-13(9)10(15)8-3-4-11-12-6-8/h3-4,6,9,14H,1-2,5,7H2/t9-/m1/s1. The summed E-state index contributed by atoms with van der Waals surface area (Å²) < 4.78 is 0. The molecule has 5 nitrogen and oxygen atoms in total. The van der Waals surface area contributed by atoms with Crippen LogP contribution >= 0.6 is 0 Å². The van der Waals surface area contributed by atoms with Gasteiger partial charge in [-0.1, -0.05) is 0 Å². The number of aromatic nitrogens is 2. The summed E-state index contributed by atoms with van der Waals surface area (Å²) >= 11 is 0. The molecule has 80 valence electrons. The average Bonchev–Trinajstić information content (AvgIpc) is 2.77. The summed E-state index contributed by atoms with van der Waals surface area (Å²) in [4.78, 5) is 13.7. The Hall–Kier alpha value is -1.49. The minimum atomic E-state index is -0.0681. The van der Waals surface area contributed by atoms with E-state index >= 15 is 0 Å². The van der Waals surface area contributed by atoms with Crippen LogP contribution in [-0.2, 0) is 0 Å². The molecule has 0 bridgehead atoms. The van der Waals surface area contributed by atoms with Gasteiger partial charge in [-0.25, -0.2) is 0 Å². The third kappa shape index (κ3) is 1.97. The predicted molar refractivity (Wildman–Crippen MR) is 53.2 cm³/mol. The summed E-state index contributed by atoms with van der Waals surface area (Å²) in [6.07, 6.45) is 4.78. The third-order valence-electron chi connectivity index (χ3n) is 2.68. The Bertz CT molecular complexity index is 342. The van der Waals surface area contributed by atoms with Crippen molar-refractivity contribution in [1.82, 2.24) is 15.1 Å². The van der Waals surface area contributed by atoms with Crippen molar-refractivity contribution < 1.29 is 9.90 Å². The first-order valence-corrected chi connectivity index (χ1v) is 5.01. The van der Waals surface area contributed by atoms with Crippen molar-refractivity contribution in [3.63, 3.8) is 0 Å². The van der Waals surface area contributed by atoms with E-state index in [0.29, 0.717) is 12.1 Å². The second kappa shape index (κ2) is 4.35. The van der Waals surface area contributed by atoms with Gasteiger partial charge in [-0.15, -0.1) is 0 Å². The molecule has 1 aliphatic heterocycles. The summed E-state index contributed by atoms with van der Waals surface area (Å²) in [6, 6.07) is 1.60. The molecule has 1 fully saturated rings. The second-order valence-corrected chi connectivity index (χ2v) is 3.61. The Morgan fingerprint density at radius 1 is 1.60 bits per heavy atom. The molecule has 0 spiro atoms. The van der Waals surface area contributed by atoms with Crippen LogP contribution in [0.5, 0.6) is 0 Å². The van der Waals surface area contributed by atoms with Crippen molar-refractivity contribution in [3.05, 3.63) is 24.0 Å². The van der Waals surface area contributed by atoms with Crippen molar-refractivity contribution in [1.29, 1.82) is 0 Å². The maximum Gasteiger partial charge on any atom is 0.255 e. The van der Waals surface area contributed by atoms with Crippen molar-refractivity contribution in [2.75, 3.05) is 13.2 Å². The van der Waals surface area contributed by atoms with E-state index < -0.39 is 0 Å². The Balaban J connectivity index is 2.14. The molecule has 5 heteroatoms. The number of nitrogens with zero attached hydrogens (tertiary/aromatic N) is 3. The van der Waals surface area contributed by atoms with Gasteiger partial charge in [0.25, 0.3) is 5.91 Å². The summed E-state index contributed by atoms with van der Waals surface area (Å²) in [5.74, 6) is -0.0681. The lowest BCUT2D eigenvalue weighted by Crippen LogP contribution is -2.37. The number of aliphatic hydroxyl groups is 1. The Labute approximate surface area is 87.7 Å². The molecule has 1 saturated heterocycles. The number of likely N-dealkylation sites (tertiary alicyclic amines) is 1. The second-order valence-electron chi connectivity index (χ2n) is 3.61. The van der Waals surface area contributed by atoms with Gasteiger partial charge in [0.15, 0.2) is 0 Å². The molecule has 1 aromatic heterocycles. The molecular formula is C10H13N3O2. The highest BCUT2D eigenvalue weighted by atomic mass is 16.3. The van der Waals surface area contributed by atoms with Crippen molar-refractivity contribution in [2.24, 2.45) is 0 Å². The zero-order valence-electron chi connectivity index (χ0n) is 8.33. The van der Waals surface area contributed by atoms with E-state index in [2.05, 4.69) is 10.2 Å². The number of hydrogen-bond acceptors (Lipinski definition) is 4. The van der Waals surface area contributed by atoms with Gasteiger partial charge in [-0.05, 0) is 18.9 Å². The minimum Gasteiger partial charge on any atom is -0.394 e. The van der Waals surface area contributed by atoms with Crippen LogP contribution in [0.25, 0.3) is 0 Å². The monoisotopic (exact) mass is 207 g/mol. The molecular weight excluding hydrogens is 194 g/mol. The molecule has 1 N–H and O–H groups in total. The van der Waals surface area contributed by atoms with Gasteiger partial charge in [-0.2, -0.15) is 10.2 Å². The highest BCUT2D eigenvalue weighted by Crippen LogP contribution is 2.18. The predicted octanol–water partition coefficient (Wildman–Crippen LogP) is 0.0735. The minimum absolute atomic E-state index is 0.0320. The number of carbonyl (C=O) groups excluding carboxylic acids is 1. The molecule has 1 aliphatic rings. The largest absolute Gasteiger partial charge is 0.394 e. The molecule has 2 rings (SSSR count). The van der Waals surface area contributed by atoms with E-state index in [0.717, 1.165) is 12.8 Å². The molecule has 1 atom stereocenters. The van der Waals surface area contributed by atoms with Crippen LogP contribution in [0, 0.1) is 0 Å². The van der Waals surface area contributed by atoms with Gasteiger partial charge in [0, 0.05) is 6.54 Å². The highest BCUT2D eigenvalue weighted by Gasteiger charge is 2.28. The van der Waals surface area contributed by atoms with Gasteiger partial charge in [0.05, 0.1) is 30.6 Å². The van der Waals surface area contributed by atoms with Gasteiger partial charge < -0.3 is 10.0 Å². The van der Waals surface area contributed by atoms with E-state index in [1.54, 1.807) is 11.0 Å². The highest BCUT2D eigenvalue weighted by molar-refractivity contribution is 5.94. The summed E-state index contributed by atoms with van der Waals surface area (Å²) in [6.45, 7) is 0.747. The lowest BCUT2D eigenvalue weighted by Gasteiger charge is -2.22. The quantitative estimate of drug-likeness (QED) is 0.745. The van der Waals surface area contributed by atoms with E-state index in [9.17, 15) is 4.79 Å². The molecule has 0 unspecified atom stereocenters. The van der Waals surface area contributed by atoms with Gasteiger partial charge >= 0.3 is 0 Å². The molecule has 15 heavy (non-hydrogen) atoms. The normalized spacial score (nSPS) is 20.6. The lowest BCUT2D eigenvalue weighted by atomic mass is 10.2. The van der Waals surface area contributed by atoms with Crippen LogP contribution in [0.1, 0.15) is 23.2 Å². The summed E-state index contributed by atoms with van der Waals surface area (Å²) in [7, 11) is 0. The fourth-order valence-corrected chi connectivity index (χ4v) is 1.88. The number of amides is 1. The smallest absolute Gasteiger partial charge is 0.255 e. The van der Waals surface area contributed by atoms with Crippen molar-refractivity contribution >= 4 is 5.91 Å². The number of carbonyl (C=O) groups is 1. The lowest BCUT2D eigenvalue weighted by molar-refractivity contribution is 0.0677. The molecule has 0 saturated carbocycles. The number of aliphatic hydroxyl groups excluding tert-OH is 1. The average molecular weight is 207 g/mol. The first-order valence-electron chi connectivity index (χ1n) is 5.01. The zero-order chi connectivity index (χ0) is 10.7. The first kappa shape index (κ1) is 10.0. The van der Waals surface area contributed by atoms with E-state index in [1.165, 1.54) is 12.4 Å². The van der Waals surface area contributed by atoms with Crippen molar-refractivity contribution in [3.8, 4) is 0 Å². The topological polar surface area (TPSA) is 66.3 Å². The van der Waals surface area contributed by atoms with Crippen molar-refractivity contribution in [2.45, 2.75) is 18.9 Å². The van der Waals surface area contributed by atoms with E-state index in [-0.39, 0.29) is 18.6 Å². The van der Waals surface area contributed by atoms with Crippen LogP contribution in [-0.4, -0.2) is 45.3 Å². The van der Waals surface area contributed by atoms with Crippen LogP contribution in [0.4, 0.5) is 0 Å². The molecule has 1 aromatic rings. The zero-order valence-corrected chi connectivity index (χ0v) is 8.33. The van der Waals surface area contributed by atoms with Gasteiger partial charge in [-0.3, -0.25) is 4.79 Å². The SMILES string of the molecule is O=C(c1ccnnc1)N1CCC[C@@H]1CO. The van der Waals surface area contributed by atoms with Crippen LogP contribution in [0.2, 0.25) is 0 Å². The summed E-state index contributed by atoms with van der Waals surface area (Å²) in [5, 5.41) is 16.4. The Kier molecular flexibility index (Phi) is 2.91. The van der Waals surface area contributed by atoms with Crippen LogP contribution in [0.3, 0.4) is 0 Å². The molecule has 2 heterocycles. The van der Waals surface area contributed by atoms with Gasteiger partial charge in [0.2, 0.25) is 0 Å². The Morgan fingerprint density at radius 3 is 3.13 bits per heavy atom. The van der Waals surface area contributed by atoms with E-state index in [4.69, 9.17) is 5.11 Å². The fourth-order valence-electron chi connectivity index (χ4n) is 1.88. The third-order valence-corrected chi connectivity index (χ3v) is 2.68. The number of rotatable bonds is 2. The Morgan fingerprint density at radius 2 is 2.47 bits per heavy atom. The van der Waals surface area contributed by atoms with E-state index in [1.807, 2.05) is 0 Å². The maximum atomic E-state index is 12.0. The summed E-state index contributed by atoms with van der Waals surface area (Å²) in [5.41, 5.74) is 0.533. The van der Waals surface area contributed by atoms with Crippen LogP contribution in [0.15, 0.2) is 18.5 Å². The molecule has 0 aromatic carbocycles. The molecule has 0 aliphatic carbocycles.